The van der Waals surface area contributed by atoms with E-state index < -0.39 is 5.82 Å². The van der Waals surface area contributed by atoms with Crippen molar-refractivity contribution < 1.29 is 4.39 Å². The normalized spacial score (nSPS) is 12.9. The summed E-state index contributed by atoms with van der Waals surface area (Å²) in [7, 11) is 0. The van der Waals surface area contributed by atoms with Gasteiger partial charge in [-0.1, -0.05) is 20.8 Å². The Kier molecular flexibility index (Phi) is 3.78. The first-order chi connectivity index (χ1) is 9.04. The van der Waals surface area contributed by atoms with Gasteiger partial charge in [-0.15, -0.1) is 5.10 Å². The average molecular weight is 263 g/mol. The SMILES string of the molecule is CCC(C(C)C)n1nnnc1-c1ccc(N)cc1F. The summed E-state index contributed by atoms with van der Waals surface area (Å²) in [5.41, 5.74) is 6.31. The smallest absolute Gasteiger partial charge is 0.185 e. The van der Waals surface area contributed by atoms with E-state index in [4.69, 9.17) is 5.73 Å². The summed E-state index contributed by atoms with van der Waals surface area (Å²) in [6, 6.07) is 4.68. The fraction of sp³-hybridized carbons (Fsp3) is 0.462. The van der Waals surface area contributed by atoms with Crippen molar-refractivity contribution in [1.82, 2.24) is 20.2 Å². The van der Waals surface area contributed by atoms with Gasteiger partial charge in [0, 0.05) is 5.69 Å². The molecule has 0 amide bonds. The molecule has 2 aromatic rings. The molecular weight excluding hydrogens is 245 g/mol. The van der Waals surface area contributed by atoms with Crippen LogP contribution in [-0.4, -0.2) is 20.2 Å². The number of anilines is 1. The van der Waals surface area contributed by atoms with Gasteiger partial charge in [0.05, 0.1) is 11.6 Å². The quantitative estimate of drug-likeness (QED) is 0.861. The maximum Gasteiger partial charge on any atom is 0.185 e. The molecule has 1 aromatic heterocycles. The van der Waals surface area contributed by atoms with Crippen LogP contribution in [-0.2, 0) is 0 Å². The summed E-state index contributed by atoms with van der Waals surface area (Å²) in [4.78, 5) is 0. The van der Waals surface area contributed by atoms with Gasteiger partial charge in [0.2, 0.25) is 0 Å². The molecule has 1 unspecified atom stereocenters. The molecular formula is C13H18FN5. The molecule has 0 bridgehead atoms. The van der Waals surface area contributed by atoms with Crippen molar-refractivity contribution in [3.05, 3.63) is 24.0 Å². The first-order valence-corrected chi connectivity index (χ1v) is 6.37. The molecule has 102 valence electrons. The van der Waals surface area contributed by atoms with Gasteiger partial charge < -0.3 is 5.73 Å². The number of nitrogens with two attached hydrogens (primary N) is 1. The molecule has 0 aliphatic carbocycles. The van der Waals surface area contributed by atoms with Crippen LogP contribution in [0, 0.1) is 11.7 Å². The Hall–Kier alpha value is -1.98. The predicted octanol–water partition coefficient (Wildman–Crippen LogP) is 2.67. The Morgan fingerprint density at radius 2 is 2.11 bits per heavy atom. The van der Waals surface area contributed by atoms with Crippen LogP contribution in [0.15, 0.2) is 18.2 Å². The number of nitrogens with zero attached hydrogens (tertiary/aromatic N) is 4. The van der Waals surface area contributed by atoms with Gasteiger partial charge in [-0.25, -0.2) is 9.07 Å². The maximum atomic E-state index is 14.0. The fourth-order valence-corrected chi connectivity index (χ4v) is 2.23. The minimum Gasteiger partial charge on any atom is -0.399 e. The lowest BCUT2D eigenvalue weighted by Crippen LogP contribution is -2.17. The van der Waals surface area contributed by atoms with Crippen LogP contribution in [0.1, 0.15) is 33.2 Å². The van der Waals surface area contributed by atoms with Crippen LogP contribution in [0.5, 0.6) is 0 Å². The highest BCUT2D eigenvalue weighted by atomic mass is 19.1. The first-order valence-electron chi connectivity index (χ1n) is 6.37. The van der Waals surface area contributed by atoms with Crippen molar-refractivity contribution in [3.8, 4) is 11.4 Å². The third-order valence-electron chi connectivity index (χ3n) is 3.23. The molecule has 0 fully saturated rings. The molecule has 1 atom stereocenters. The van der Waals surface area contributed by atoms with E-state index in [2.05, 4.69) is 36.3 Å². The van der Waals surface area contributed by atoms with Crippen LogP contribution in [0.3, 0.4) is 0 Å². The zero-order chi connectivity index (χ0) is 14.0. The number of tetrazole rings is 1. The summed E-state index contributed by atoms with van der Waals surface area (Å²) in [6.07, 6.45) is 0.881. The molecule has 5 nitrogen and oxygen atoms in total. The van der Waals surface area contributed by atoms with Gasteiger partial charge in [0.25, 0.3) is 0 Å². The van der Waals surface area contributed by atoms with E-state index in [0.29, 0.717) is 23.0 Å². The van der Waals surface area contributed by atoms with Gasteiger partial charge in [0.15, 0.2) is 5.82 Å². The highest BCUT2D eigenvalue weighted by Crippen LogP contribution is 2.28. The lowest BCUT2D eigenvalue weighted by molar-refractivity contribution is 0.333. The zero-order valence-corrected chi connectivity index (χ0v) is 11.3. The molecule has 19 heavy (non-hydrogen) atoms. The number of hydrogen-bond acceptors (Lipinski definition) is 4. The Morgan fingerprint density at radius 3 is 2.68 bits per heavy atom. The number of hydrogen-bond donors (Lipinski definition) is 1. The molecule has 2 rings (SSSR count). The summed E-state index contributed by atoms with van der Waals surface area (Å²) in [5.74, 6) is 0.400. The molecule has 6 heteroatoms. The Bertz CT molecular complexity index is 564. The Morgan fingerprint density at radius 1 is 1.37 bits per heavy atom. The fourth-order valence-electron chi connectivity index (χ4n) is 2.23. The number of nitrogen functional groups attached to an aromatic ring is 1. The number of rotatable bonds is 4. The number of benzene rings is 1. The van der Waals surface area contributed by atoms with E-state index in [0.717, 1.165) is 6.42 Å². The van der Waals surface area contributed by atoms with E-state index in [9.17, 15) is 4.39 Å². The van der Waals surface area contributed by atoms with E-state index in [1.165, 1.54) is 6.07 Å². The van der Waals surface area contributed by atoms with Crippen molar-refractivity contribution in [1.29, 1.82) is 0 Å². The minimum atomic E-state index is -0.408. The molecule has 0 saturated heterocycles. The molecule has 0 spiro atoms. The molecule has 0 radical (unpaired) electrons. The van der Waals surface area contributed by atoms with Crippen LogP contribution in [0.4, 0.5) is 10.1 Å². The van der Waals surface area contributed by atoms with Gasteiger partial charge in [0.1, 0.15) is 5.82 Å². The zero-order valence-electron chi connectivity index (χ0n) is 11.3. The third-order valence-corrected chi connectivity index (χ3v) is 3.23. The van der Waals surface area contributed by atoms with Gasteiger partial charge >= 0.3 is 0 Å². The first kappa shape index (κ1) is 13.5. The summed E-state index contributed by atoms with van der Waals surface area (Å²) in [6.45, 7) is 6.26. The van der Waals surface area contributed by atoms with Gasteiger partial charge in [-0.3, -0.25) is 0 Å². The highest BCUT2D eigenvalue weighted by Gasteiger charge is 2.21. The molecule has 1 aromatic carbocycles. The van der Waals surface area contributed by atoms with Crippen LogP contribution in [0.2, 0.25) is 0 Å². The van der Waals surface area contributed by atoms with E-state index in [1.54, 1.807) is 16.8 Å². The van der Waals surface area contributed by atoms with Crippen molar-refractivity contribution in [2.75, 3.05) is 5.73 Å². The number of aromatic nitrogens is 4. The minimum absolute atomic E-state index is 0.141. The standard InChI is InChI=1S/C13H18FN5/c1-4-12(8(2)3)19-13(16-17-18-19)10-6-5-9(15)7-11(10)14/h5-8,12H,4,15H2,1-3H3. The van der Waals surface area contributed by atoms with E-state index in [1.807, 2.05) is 0 Å². The van der Waals surface area contributed by atoms with Crippen LogP contribution >= 0.6 is 0 Å². The van der Waals surface area contributed by atoms with Crippen molar-refractivity contribution in [2.45, 2.75) is 33.2 Å². The predicted molar refractivity (Wildman–Crippen MR) is 71.8 cm³/mol. The monoisotopic (exact) mass is 263 g/mol. The largest absolute Gasteiger partial charge is 0.399 e. The van der Waals surface area contributed by atoms with Gasteiger partial charge in [-0.05, 0) is 41.0 Å². The molecule has 2 N–H and O–H groups in total. The van der Waals surface area contributed by atoms with E-state index in [-0.39, 0.29) is 6.04 Å². The lowest BCUT2D eigenvalue weighted by Gasteiger charge is -2.20. The topological polar surface area (TPSA) is 69.6 Å². The third kappa shape index (κ3) is 2.57. The van der Waals surface area contributed by atoms with Gasteiger partial charge in [-0.2, -0.15) is 0 Å². The molecule has 0 saturated carbocycles. The summed E-state index contributed by atoms with van der Waals surface area (Å²) < 4.78 is 15.7. The number of halogens is 1. The molecule has 0 aliphatic rings. The molecule has 0 aliphatic heterocycles. The average Bonchev–Trinajstić information content (AvgIpc) is 2.78. The van der Waals surface area contributed by atoms with Crippen molar-refractivity contribution >= 4 is 5.69 Å². The Balaban J connectivity index is 2.49. The van der Waals surface area contributed by atoms with Crippen LogP contribution in [0.25, 0.3) is 11.4 Å². The second-order valence-corrected chi connectivity index (χ2v) is 4.91. The maximum absolute atomic E-state index is 14.0. The summed E-state index contributed by atoms with van der Waals surface area (Å²) >= 11 is 0. The summed E-state index contributed by atoms with van der Waals surface area (Å²) in [5, 5.41) is 11.6. The van der Waals surface area contributed by atoms with E-state index >= 15 is 0 Å². The van der Waals surface area contributed by atoms with Crippen molar-refractivity contribution in [2.24, 2.45) is 5.92 Å². The Labute approximate surface area is 111 Å². The highest BCUT2D eigenvalue weighted by molar-refractivity contribution is 5.59. The lowest BCUT2D eigenvalue weighted by atomic mass is 10.0. The molecule has 1 heterocycles. The second-order valence-electron chi connectivity index (χ2n) is 4.91. The van der Waals surface area contributed by atoms with Crippen LogP contribution < -0.4 is 5.73 Å². The second kappa shape index (κ2) is 5.34. The van der Waals surface area contributed by atoms with Crippen molar-refractivity contribution in [3.63, 3.8) is 0 Å².